The molecule has 0 bridgehead atoms. The van der Waals surface area contributed by atoms with Crippen molar-refractivity contribution in [3.63, 3.8) is 0 Å². The summed E-state index contributed by atoms with van der Waals surface area (Å²) in [5.41, 5.74) is 7.60. The lowest BCUT2D eigenvalue weighted by atomic mass is 9.95. The van der Waals surface area contributed by atoms with Crippen molar-refractivity contribution in [3.05, 3.63) is 42.5 Å². The van der Waals surface area contributed by atoms with E-state index in [1.807, 2.05) is 18.3 Å². The molecule has 2 heterocycles. The Morgan fingerprint density at radius 3 is 2.95 bits per heavy atom. The van der Waals surface area contributed by atoms with Gasteiger partial charge in [-0.25, -0.2) is 0 Å². The van der Waals surface area contributed by atoms with E-state index in [1.165, 1.54) is 0 Å². The minimum Gasteiger partial charge on any atom is -0.330 e. The molecule has 1 amide bonds. The van der Waals surface area contributed by atoms with E-state index in [0.717, 1.165) is 30.5 Å². The van der Waals surface area contributed by atoms with Gasteiger partial charge in [-0.1, -0.05) is 6.42 Å². The van der Waals surface area contributed by atoms with Gasteiger partial charge in [0.1, 0.15) is 0 Å². The Labute approximate surface area is 129 Å². The number of hydrogen-bond donors (Lipinski definition) is 2. The van der Waals surface area contributed by atoms with Gasteiger partial charge in [0.15, 0.2) is 0 Å². The fourth-order valence-corrected chi connectivity index (χ4v) is 3.09. The Morgan fingerprint density at radius 1 is 1.36 bits per heavy atom. The topological polar surface area (TPSA) is 85.8 Å². The number of amides is 1. The number of nitrogens with two attached hydrogens (primary N) is 1. The van der Waals surface area contributed by atoms with Gasteiger partial charge in [-0.05, 0) is 43.0 Å². The van der Waals surface area contributed by atoms with Crippen molar-refractivity contribution in [2.24, 2.45) is 17.6 Å². The van der Waals surface area contributed by atoms with E-state index >= 15 is 0 Å². The van der Waals surface area contributed by atoms with Crippen LogP contribution in [0.1, 0.15) is 24.8 Å². The minimum absolute atomic E-state index is 0.0357. The number of anilines is 1. The SMILES string of the molecule is NC[C@H]1CCC[C@H]1C(=O)Nc1cnn(Cc2ccncc2)c1. The number of nitrogens with zero attached hydrogens (tertiary/aromatic N) is 3. The van der Waals surface area contributed by atoms with Crippen LogP contribution in [0, 0.1) is 11.8 Å². The van der Waals surface area contributed by atoms with Gasteiger partial charge in [0.2, 0.25) is 5.91 Å². The van der Waals surface area contributed by atoms with Gasteiger partial charge >= 0.3 is 0 Å². The van der Waals surface area contributed by atoms with Gasteiger partial charge in [0.05, 0.1) is 18.4 Å². The van der Waals surface area contributed by atoms with Crippen LogP contribution in [0.5, 0.6) is 0 Å². The van der Waals surface area contributed by atoms with Crippen LogP contribution in [-0.2, 0) is 11.3 Å². The molecule has 0 saturated heterocycles. The number of hydrogen-bond acceptors (Lipinski definition) is 4. The first-order chi connectivity index (χ1) is 10.8. The highest BCUT2D eigenvalue weighted by Gasteiger charge is 2.31. The molecule has 1 aliphatic carbocycles. The highest BCUT2D eigenvalue weighted by Crippen LogP contribution is 2.31. The maximum Gasteiger partial charge on any atom is 0.227 e. The number of carbonyl (C=O) groups excluding carboxylic acids is 1. The summed E-state index contributed by atoms with van der Waals surface area (Å²) < 4.78 is 1.81. The summed E-state index contributed by atoms with van der Waals surface area (Å²) in [4.78, 5) is 16.3. The third kappa shape index (κ3) is 3.33. The molecule has 1 fully saturated rings. The summed E-state index contributed by atoms with van der Waals surface area (Å²) in [5.74, 6) is 0.414. The van der Waals surface area contributed by atoms with Crippen molar-refractivity contribution >= 4 is 11.6 Å². The monoisotopic (exact) mass is 299 g/mol. The maximum absolute atomic E-state index is 12.3. The van der Waals surface area contributed by atoms with Gasteiger partial charge in [-0.3, -0.25) is 14.5 Å². The average molecular weight is 299 g/mol. The van der Waals surface area contributed by atoms with Gasteiger partial charge in [0.25, 0.3) is 0 Å². The zero-order chi connectivity index (χ0) is 15.4. The van der Waals surface area contributed by atoms with Gasteiger partial charge < -0.3 is 11.1 Å². The molecule has 6 heteroatoms. The molecule has 2 aromatic rings. The molecule has 2 aromatic heterocycles. The predicted molar refractivity (Wildman–Crippen MR) is 84.1 cm³/mol. The number of aromatic nitrogens is 3. The Hall–Kier alpha value is -2.21. The van der Waals surface area contributed by atoms with Crippen molar-refractivity contribution in [3.8, 4) is 0 Å². The van der Waals surface area contributed by atoms with Crippen LogP contribution in [0.4, 0.5) is 5.69 Å². The highest BCUT2D eigenvalue weighted by atomic mass is 16.1. The van der Waals surface area contributed by atoms with Crippen LogP contribution in [0.3, 0.4) is 0 Å². The molecule has 0 radical (unpaired) electrons. The lowest BCUT2D eigenvalue weighted by Crippen LogP contribution is -2.29. The molecule has 22 heavy (non-hydrogen) atoms. The first-order valence-electron chi connectivity index (χ1n) is 7.68. The van der Waals surface area contributed by atoms with E-state index in [0.29, 0.717) is 19.0 Å². The van der Waals surface area contributed by atoms with Crippen molar-refractivity contribution < 1.29 is 4.79 Å². The number of rotatable bonds is 5. The quantitative estimate of drug-likeness (QED) is 0.879. The molecule has 0 aromatic carbocycles. The number of pyridine rings is 1. The zero-order valence-electron chi connectivity index (χ0n) is 12.5. The molecule has 0 unspecified atom stereocenters. The van der Waals surface area contributed by atoms with E-state index < -0.39 is 0 Å². The summed E-state index contributed by atoms with van der Waals surface area (Å²) in [5, 5.41) is 7.25. The first kappa shape index (κ1) is 14.7. The van der Waals surface area contributed by atoms with Crippen LogP contribution in [0.25, 0.3) is 0 Å². The molecule has 116 valence electrons. The van der Waals surface area contributed by atoms with Gasteiger partial charge in [-0.2, -0.15) is 5.10 Å². The van der Waals surface area contributed by atoms with Crippen LogP contribution in [0.15, 0.2) is 36.9 Å². The number of nitrogens with one attached hydrogen (secondary N) is 1. The third-order valence-electron chi connectivity index (χ3n) is 4.29. The Kier molecular flexibility index (Phi) is 4.48. The second-order valence-corrected chi connectivity index (χ2v) is 5.80. The van der Waals surface area contributed by atoms with E-state index in [2.05, 4.69) is 15.4 Å². The molecule has 0 aliphatic heterocycles. The molecule has 6 nitrogen and oxygen atoms in total. The van der Waals surface area contributed by atoms with Gasteiger partial charge in [0, 0.05) is 24.5 Å². The Balaban J connectivity index is 1.61. The van der Waals surface area contributed by atoms with Crippen LogP contribution in [0.2, 0.25) is 0 Å². The Bertz CT molecular complexity index is 624. The second-order valence-electron chi connectivity index (χ2n) is 5.80. The summed E-state index contributed by atoms with van der Waals surface area (Å²) in [6, 6.07) is 3.90. The van der Waals surface area contributed by atoms with Crippen molar-refractivity contribution in [1.82, 2.24) is 14.8 Å². The molecule has 3 rings (SSSR count). The second kappa shape index (κ2) is 6.70. The van der Waals surface area contributed by atoms with Crippen LogP contribution in [-0.4, -0.2) is 27.2 Å². The van der Waals surface area contributed by atoms with Crippen LogP contribution < -0.4 is 11.1 Å². The molecule has 1 aliphatic rings. The van der Waals surface area contributed by atoms with Crippen molar-refractivity contribution in [2.45, 2.75) is 25.8 Å². The molecule has 2 atom stereocenters. The molecular formula is C16H21N5O. The third-order valence-corrected chi connectivity index (χ3v) is 4.29. The first-order valence-corrected chi connectivity index (χ1v) is 7.68. The van der Waals surface area contributed by atoms with Crippen LogP contribution >= 0.6 is 0 Å². The maximum atomic E-state index is 12.3. The molecule has 0 spiro atoms. The van der Waals surface area contributed by atoms with Gasteiger partial charge in [-0.15, -0.1) is 0 Å². The summed E-state index contributed by atoms with van der Waals surface area (Å²) in [7, 11) is 0. The molecule has 1 saturated carbocycles. The standard InChI is InChI=1S/C16H21N5O/c17-8-13-2-1-3-15(13)16(22)20-14-9-19-21(11-14)10-12-4-6-18-7-5-12/h4-7,9,11,13,15H,1-3,8,10,17H2,(H,20,22)/t13-,15-/m1/s1. The smallest absolute Gasteiger partial charge is 0.227 e. The van der Waals surface area contributed by atoms with E-state index in [1.54, 1.807) is 23.3 Å². The molecular weight excluding hydrogens is 278 g/mol. The van der Waals surface area contributed by atoms with E-state index in [4.69, 9.17) is 5.73 Å². The normalized spacial score (nSPS) is 21.0. The largest absolute Gasteiger partial charge is 0.330 e. The summed E-state index contributed by atoms with van der Waals surface area (Å²) >= 11 is 0. The average Bonchev–Trinajstić information content (AvgIpc) is 3.17. The summed E-state index contributed by atoms with van der Waals surface area (Å²) in [6.07, 6.45) is 10.1. The fourth-order valence-electron chi connectivity index (χ4n) is 3.09. The lowest BCUT2D eigenvalue weighted by Gasteiger charge is -2.16. The summed E-state index contributed by atoms with van der Waals surface area (Å²) in [6.45, 7) is 1.24. The van der Waals surface area contributed by atoms with Crippen molar-refractivity contribution in [2.75, 3.05) is 11.9 Å². The van der Waals surface area contributed by atoms with Crippen molar-refractivity contribution in [1.29, 1.82) is 0 Å². The lowest BCUT2D eigenvalue weighted by molar-refractivity contribution is -0.120. The zero-order valence-corrected chi connectivity index (χ0v) is 12.5. The molecule has 3 N–H and O–H groups in total. The van der Waals surface area contributed by atoms with E-state index in [-0.39, 0.29) is 11.8 Å². The highest BCUT2D eigenvalue weighted by molar-refractivity contribution is 5.92. The fraction of sp³-hybridized carbons (Fsp3) is 0.438. The number of carbonyl (C=O) groups is 1. The Morgan fingerprint density at radius 2 is 2.18 bits per heavy atom. The predicted octanol–water partition coefficient (Wildman–Crippen LogP) is 1.64. The minimum atomic E-state index is 0.0357. The van der Waals surface area contributed by atoms with E-state index in [9.17, 15) is 4.79 Å².